The molecule has 0 saturated carbocycles. The van der Waals surface area contributed by atoms with Crippen LogP contribution in [-0.4, -0.2) is 39.7 Å². The number of likely N-dealkylation sites (tertiary alicyclic amines) is 1. The molecule has 0 bridgehead atoms. The number of nitrogen functional groups attached to an aromatic ring is 1. The summed E-state index contributed by atoms with van der Waals surface area (Å²) in [4.78, 5) is 21.7. The summed E-state index contributed by atoms with van der Waals surface area (Å²) in [6, 6.07) is 0. The zero-order valence-corrected chi connectivity index (χ0v) is 14.4. The third-order valence-electron chi connectivity index (χ3n) is 3.31. The van der Waals surface area contributed by atoms with E-state index in [0.717, 1.165) is 12.8 Å². The molecule has 2 rings (SSSR count). The molecular formula is C16H21ClN4O2. The lowest BCUT2D eigenvalue weighted by Crippen LogP contribution is -2.41. The van der Waals surface area contributed by atoms with E-state index in [9.17, 15) is 4.79 Å². The predicted octanol–water partition coefficient (Wildman–Crippen LogP) is 2.71. The number of anilines is 1. The number of amides is 1. The molecule has 0 radical (unpaired) electrons. The van der Waals surface area contributed by atoms with E-state index in [4.69, 9.17) is 22.1 Å². The minimum atomic E-state index is -0.476. The number of carbonyl (C=O) groups is 1. The number of ether oxygens (including phenoxy) is 1. The van der Waals surface area contributed by atoms with Gasteiger partial charge < -0.3 is 15.4 Å². The smallest absolute Gasteiger partial charge is 0.410 e. The Hall–Kier alpha value is -2.00. The Balaban J connectivity index is 1.92. The van der Waals surface area contributed by atoms with Gasteiger partial charge in [0.05, 0.1) is 6.20 Å². The fourth-order valence-corrected chi connectivity index (χ4v) is 2.31. The fourth-order valence-electron chi connectivity index (χ4n) is 2.17. The summed E-state index contributed by atoms with van der Waals surface area (Å²) in [6.45, 7) is 6.84. The minimum absolute atomic E-state index is 0.189. The van der Waals surface area contributed by atoms with Crippen LogP contribution in [0.5, 0.6) is 0 Å². The molecule has 1 aliphatic heterocycles. The molecule has 2 heterocycles. The van der Waals surface area contributed by atoms with Crippen molar-refractivity contribution in [1.29, 1.82) is 0 Å². The highest BCUT2D eigenvalue weighted by Gasteiger charge is 2.26. The third kappa shape index (κ3) is 5.29. The summed E-state index contributed by atoms with van der Waals surface area (Å²) in [5.41, 5.74) is 5.64. The summed E-state index contributed by atoms with van der Waals surface area (Å²) in [7, 11) is 0. The van der Waals surface area contributed by atoms with Crippen molar-refractivity contribution >= 4 is 23.5 Å². The first-order chi connectivity index (χ1) is 10.7. The lowest BCUT2D eigenvalue weighted by molar-refractivity contribution is 0.0199. The first-order valence-corrected chi connectivity index (χ1v) is 7.90. The molecule has 1 aliphatic rings. The Morgan fingerprint density at radius 1 is 1.43 bits per heavy atom. The summed E-state index contributed by atoms with van der Waals surface area (Å²) in [6.07, 6.45) is 2.70. The molecule has 0 unspecified atom stereocenters. The van der Waals surface area contributed by atoms with Gasteiger partial charge in [0, 0.05) is 19.0 Å². The summed E-state index contributed by atoms with van der Waals surface area (Å²) < 4.78 is 5.37. The number of piperidine rings is 1. The number of hydrogen-bond donors (Lipinski definition) is 1. The zero-order chi connectivity index (χ0) is 17.0. The van der Waals surface area contributed by atoms with E-state index in [2.05, 4.69) is 21.8 Å². The van der Waals surface area contributed by atoms with Crippen LogP contribution >= 0.6 is 11.6 Å². The van der Waals surface area contributed by atoms with Gasteiger partial charge in [-0.1, -0.05) is 17.5 Å². The summed E-state index contributed by atoms with van der Waals surface area (Å²) in [5, 5.41) is 0.267. The maximum Gasteiger partial charge on any atom is 0.410 e. The highest BCUT2D eigenvalue weighted by atomic mass is 35.5. The Morgan fingerprint density at radius 2 is 2.09 bits per heavy atom. The predicted molar refractivity (Wildman–Crippen MR) is 88.9 cm³/mol. The van der Waals surface area contributed by atoms with Crippen LogP contribution in [0.25, 0.3) is 0 Å². The zero-order valence-electron chi connectivity index (χ0n) is 13.6. The highest BCUT2D eigenvalue weighted by molar-refractivity contribution is 6.29. The van der Waals surface area contributed by atoms with Crippen molar-refractivity contribution < 1.29 is 9.53 Å². The third-order valence-corrected chi connectivity index (χ3v) is 3.49. The van der Waals surface area contributed by atoms with Crippen LogP contribution in [0.15, 0.2) is 6.20 Å². The second-order valence-electron chi connectivity index (χ2n) is 6.44. The summed E-state index contributed by atoms with van der Waals surface area (Å²) in [5.74, 6) is 6.54. The lowest BCUT2D eigenvalue weighted by Gasteiger charge is -2.31. The summed E-state index contributed by atoms with van der Waals surface area (Å²) >= 11 is 5.79. The quantitative estimate of drug-likeness (QED) is 0.737. The average molecular weight is 337 g/mol. The van der Waals surface area contributed by atoms with Crippen molar-refractivity contribution in [3.8, 4) is 11.8 Å². The monoisotopic (exact) mass is 336 g/mol. The molecule has 1 aromatic heterocycles. The number of rotatable bonds is 0. The van der Waals surface area contributed by atoms with Crippen LogP contribution in [0.1, 0.15) is 39.3 Å². The molecule has 1 aromatic rings. The Bertz CT molecular complexity index is 638. The van der Waals surface area contributed by atoms with Crippen LogP contribution in [0, 0.1) is 17.8 Å². The van der Waals surface area contributed by atoms with Crippen LogP contribution in [-0.2, 0) is 4.74 Å². The Labute approximate surface area is 141 Å². The molecule has 2 N–H and O–H groups in total. The van der Waals surface area contributed by atoms with Crippen molar-refractivity contribution in [3.63, 3.8) is 0 Å². The van der Waals surface area contributed by atoms with Gasteiger partial charge in [0.15, 0.2) is 11.5 Å². The molecule has 0 spiro atoms. The van der Waals surface area contributed by atoms with E-state index < -0.39 is 5.60 Å². The van der Waals surface area contributed by atoms with Gasteiger partial charge in [-0.25, -0.2) is 14.8 Å². The van der Waals surface area contributed by atoms with Crippen molar-refractivity contribution in [3.05, 3.63) is 17.0 Å². The van der Waals surface area contributed by atoms with E-state index >= 15 is 0 Å². The van der Waals surface area contributed by atoms with Crippen molar-refractivity contribution in [1.82, 2.24) is 14.9 Å². The number of nitrogens with two attached hydrogens (primary N) is 1. The normalized spacial score (nSPS) is 15.7. The number of halogens is 1. The van der Waals surface area contributed by atoms with Gasteiger partial charge >= 0.3 is 6.09 Å². The van der Waals surface area contributed by atoms with E-state index in [1.54, 1.807) is 4.90 Å². The van der Waals surface area contributed by atoms with E-state index in [1.165, 1.54) is 6.20 Å². The first-order valence-electron chi connectivity index (χ1n) is 7.52. The molecule has 7 heteroatoms. The highest BCUT2D eigenvalue weighted by Crippen LogP contribution is 2.19. The standard InChI is InChI=1S/C16H21ClN4O2/c1-16(2,3)23-15(22)21-8-6-11(7-9-21)4-5-12-14(18)19-10-13(17)20-12/h10-11H,6-9H2,1-3H3,(H2,18,19). The van der Waals surface area contributed by atoms with Gasteiger partial charge in [-0.05, 0) is 39.5 Å². The molecular weight excluding hydrogens is 316 g/mol. The first kappa shape index (κ1) is 17.4. The maximum absolute atomic E-state index is 12.0. The van der Waals surface area contributed by atoms with E-state index in [1.807, 2.05) is 20.8 Å². The lowest BCUT2D eigenvalue weighted by atomic mass is 9.97. The van der Waals surface area contributed by atoms with Gasteiger partial charge in [-0.15, -0.1) is 0 Å². The molecule has 1 fully saturated rings. The van der Waals surface area contributed by atoms with Crippen LogP contribution < -0.4 is 5.73 Å². The molecule has 1 saturated heterocycles. The Morgan fingerprint density at radius 3 is 2.70 bits per heavy atom. The SMILES string of the molecule is CC(C)(C)OC(=O)N1CCC(C#Cc2nc(Cl)cnc2N)CC1. The van der Waals surface area contributed by atoms with E-state index in [-0.39, 0.29) is 23.0 Å². The van der Waals surface area contributed by atoms with Gasteiger partial charge in [-0.2, -0.15) is 0 Å². The maximum atomic E-state index is 12.0. The molecule has 0 atom stereocenters. The number of carbonyl (C=O) groups excluding carboxylic acids is 1. The second kappa shape index (κ2) is 7.05. The van der Waals surface area contributed by atoms with Crippen LogP contribution in [0.3, 0.4) is 0 Å². The largest absolute Gasteiger partial charge is 0.444 e. The molecule has 1 amide bonds. The number of aromatic nitrogens is 2. The van der Waals surface area contributed by atoms with Crippen molar-refractivity contribution in [2.24, 2.45) is 5.92 Å². The minimum Gasteiger partial charge on any atom is -0.444 e. The molecule has 124 valence electrons. The number of nitrogens with zero attached hydrogens (tertiary/aromatic N) is 3. The fraction of sp³-hybridized carbons (Fsp3) is 0.562. The van der Waals surface area contributed by atoms with Gasteiger partial charge in [0.2, 0.25) is 0 Å². The molecule has 6 nitrogen and oxygen atoms in total. The van der Waals surface area contributed by atoms with Crippen LogP contribution in [0.4, 0.5) is 10.6 Å². The van der Waals surface area contributed by atoms with Crippen molar-refractivity contribution in [2.75, 3.05) is 18.8 Å². The van der Waals surface area contributed by atoms with Gasteiger partial charge in [0.25, 0.3) is 0 Å². The molecule has 0 aromatic carbocycles. The van der Waals surface area contributed by atoms with Gasteiger partial charge in [-0.3, -0.25) is 0 Å². The second-order valence-corrected chi connectivity index (χ2v) is 6.82. The molecule has 23 heavy (non-hydrogen) atoms. The number of hydrogen-bond acceptors (Lipinski definition) is 5. The van der Waals surface area contributed by atoms with Crippen LogP contribution in [0.2, 0.25) is 5.15 Å². The van der Waals surface area contributed by atoms with E-state index in [0.29, 0.717) is 18.8 Å². The Kier molecular flexibility index (Phi) is 5.32. The topological polar surface area (TPSA) is 81.3 Å². The van der Waals surface area contributed by atoms with Gasteiger partial charge in [0.1, 0.15) is 10.8 Å². The molecule has 0 aliphatic carbocycles. The van der Waals surface area contributed by atoms with Crippen molar-refractivity contribution in [2.45, 2.75) is 39.2 Å². The average Bonchev–Trinajstić information content (AvgIpc) is 2.47.